The molecular formula is C26H43Cl2KN2O4S4. The number of aryl methyl sites for hydroxylation is 2. The number of hydrogen-bond acceptors (Lipinski definition) is 8. The molecule has 0 aromatic heterocycles. The Balaban J connectivity index is -0.000000531. The molecular weight excluding hydrogens is 643 g/mol. The van der Waals surface area contributed by atoms with Crippen molar-refractivity contribution in [3.63, 3.8) is 0 Å². The third-order valence-corrected chi connectivity index (χ3v) is 10.6. The molecule has 2 aromatic carbocycles. The minimum atomic E-state index is -3.44. The second-order valence-corrected chi connectivity index (χ2v) is 15.2. The Labute approximate surface area is 300 Å². The van der Waals surface area contributed by atoms with E-state index in [9.17, 15) is 16.8 Å². The summed E-state index contributed by atoms with van der Waals surface area (Å²) >= 11 is 9.78. The fraction of sp³-hybridized carbons (Fsp3) is 0.538. The predicted octanol–water partition coefficient (Wildman–Crippen LogP) is 2.98. The number of rotatable bonds is 12. The summed E-state index contributed by atoms with van der Waals surface area (Å²) in [6.45, 7) is 18.3. The van der Waals surface area contributed by atoms with E-state index in [2.05, 4.69) is 49.2 Å². The minimum Gasteiger partial charge on any atom is -0.644 e. The molecule has 39 heavy (non-hydrogen) atoms. The van der Waals surface area contributed by atoms with E-state index in [-0.39, 0.29) is 68.7 Å². The maximum Gasteiger partial charge on any atom is 1.00 e. The molecule has 6 nitrogen and oxygen atoms in total. The van der Waals surface area contributed by atoms with Gasteiger partial charge in [0.25, 0.3) is 0 Å². The molecule has 0 spiro atoms. The van der Waals surface area contributed by atoms with E-state index >= 15 is 0 Å². The van der Waals surface area contributed by atoms with E-state index in [1.165, 1.54) is 12.1 Å². The summed E-state index contributed by atoms with van der Waals surface area (Å²) in [7, 11) is -5.61. The van der Waals surface area contributed by atoms with E-state index in [0.717, 1.165) is 67.1 Å². The molecule has 0 heterocycles. The van der Waals surface area contributed by atoms with E-state index in [1.54, 1.807) is 24.3 Å². The van der Waals surface area contributed by atoms with Gasteiger partial charge in [0, 0.05) is 29.6 Å². The summed E-state index contributed by atoms with van der Waals surface area (Å²) in [5, 5.41) is 0. The van der Waals surface area contributed by atoms with Gasteiger partial charge in [-0.3, -0.25) is 0 Å². The van der Waals surface area contributed by atoms with Crippen LogP contribution in [0.5, 0.6) is 0 Å². The normalized spacial score (nSPS) is 10.9. The molecule has 0 unspecified atom stereocenters. The third kappa shape index (κ3) is 20.7. The zero-order valence-corrected chi connectivity index (χ0v) is 32.2. The topological polar surface area (TPSA) is 74.8 Å². The first-order chi connectivity index (χ1) is 17.3. The Hall–Kier alpha value is 1.18. The summed E-state index contributed by atoms with van der Waals surface area (Å²) in [4.78, 5) is 5.11. The first-order valence-corrected chi connectivity index (χ1v) is 18.3. The second-order valence-electron chi connectivity index (χ2n) is 8.10. The molecule has 0 amide bonds. The van der Waals surface area contributed by atoms with E-state index in [4.69, 9.17) is 11.6 Å². The quantitative estimate of drug-likeness (QED) is 0.146. The molecule has 2 rings (SSSR count). The molecule has 0 fully saturated rings. The van der Waals surface area contributed by atoms with Crippen molar-refractivity contribution in [3.8, 4) is 0 Å². The number of alkyl halides is 1. The molecule has 0 N–H and O–H groups in total. The van der Waals surface area contributed by atoms with Gasteiger partial charge in [0.15, 0.2) is 0 Å². The van der Waals surface area contributed by atoms with Crippen LogP contribution in [0.15, 0.2) is 58.3 Å². The van der Waals surface area contributed by atoms with Gasteiger partial charge in [0.1, 0.15) is 0 Å². The Kier molecular flexibility index (Phi) is 28.1. The summed E-state index contributed by atoms with van der Waals surface area (Å²) in [6, 6.07) is 13.5. The Bertz CT molecular complexity index is 1080. The van der Waals surface area contributed by atoms with Crippen molar-refractivity contribution >= 4 is 64.2 Å². The molecule has 0 aliphatic heterocycles. The minimum absolute atomic E-state index is 0. The van der Waals surface area contributed by atoms with Crippen LogP contribution >= 0.6 is 34.8 Å². The van der Waals surface area contributed by atoms with Crippen LogP contribution in [0.1, 0.15) is 38.8 Å². The van der Waals surface area contributed by atoms with Crippen molar-refractivity contribution in [2.75, 3.05) is 50.9 Å². The maximum absolute atomic E-state index is 12.0. The Morgan fingerprint density at radius 3 is 1.38 bits per heavy atom. The van der Waals surface area contributed by atoms with Gasteiger partial charge in [-0.2, -0.15) is 0 Å². The summed E-state index contributed by atoms with van der Waals surface area (Å²) < 4.78 is 45.6. The number of nitrogens with zero attached hydrogens (tertiary/aromatic N) is 2. The first-order valence-electron chi connectivity index (χ1n) is 12.3. The van der Waals surface area contributed by atoms with Gasteiger partial charge in [-0.15, -0.1) is 24.0 Å². The molecule has 0 aliphatic carbocycles. The second kappa shape index (κ2) is 24.6. The summed E-state index contributed by atoms with van der Waals surface area (Å²) in [6.07, 6.45) is 0. The van der Waals surface area contributed by atoms with Crippen LogP contribution in [0.2, 0.25) is 0 Å². The standard InChI is InChI=1S/C13H21NO2S2.C7H8O2S2.C6H14ClN.ClH.K/c1-4-14(5-2)10-11-17-18(15,16)13-8-6-12(3)7-9-13;1-6-2-4-7(5-3-6)11(8,9)10;1-3-8(4-2)6-5-7;;/h6-9H,4-5,10-11H2,1-3H3;2-5H,1H3,(H,8,9,10);3-6H2,1-2H3;1H;/q;;;;+1/p-1. The van der Waals surface area contributed by atoms with Crippen LogP contribution in [0, 0.1) is 13.8 Å². The van der Waals surface area contributed by atoms with E-state index in [1.807, 2.05) is 26.0 Å². The van der Waals surface area contributed by atoms with E-state index < -0.39 is 17.7 Å². The summed E-state index contributed by atoms with van der Waals surface area (Å²) in [5.41, 5.74) is 2.09. The van der Waals surface area contributed by atoms with Gasteiger partial charge in [0.05, 0.1) is 13.8 Å². The molecule has 0 saturated carbocycles. The van der Waals surface area contributed by atoms with Crippen LogP contribution in [-0.2, 0) is 29.4 Å². The van der Waals surface area contributed by atoms with Crippen molar-refractivity contribution in [2.45, 2.75) is 51.3 Å². The van der Waals surface area contributed by atoms with Gasteiger partial charge in [-0.05, 0) is 75.1 Å². The van der Waals surface area contributed by atoms with Gasteiger partial charge in [0.2, 0.25) is 8.87 Å². The van der Waals surface area contributed by atoms with Crippen LogP contribution in [0.25, 0.3) is 0 Å². The van der Waals surface area contributed by atoms with Crippen LogP contribution in [0.4, 0.5) is 0 Å². The zero-order chi connectivity index (χ0) is 28.5. The number of hydrogen-bond donors (Lipinski definition) is 0. The first kappa shape index (κ1) is 44.6. The molecule has 0 radical (unpaired) electrons. The average molecular weight is 686 g/mol. The van der Waals surface area contributed by atoms with Crippen LogP contribution < -0.4 is 51.4 Å². The molecule has 13 heteroatoms. The van der Waals surface area contributed by atoms with Crippen LogP contribution in [-0.4, -0.2) is 77.5 Å². The van der Waals surface area contributed by atoms with Crippen molar-refractivity contribution in [2.24, 2.45) is 0 Å². The smallest absolute Gasteiger partial charge is 0.644 e. The Morgan fingerprint density at radius 2 is 1.08 bits per heavy atom. The fourth-order valence-electron chi connectivity index (χ4n) is 2.95. The average Bonchev–Trinajstić information content (AvgIpc) is 2.86. The van der Waals surface area contributed by atoms with Crippen molar-refractivity contribution in [3.05, 3.63) is 59.7 Å². The molecule has 0 aliphatic rings. The molecule has 0 saturated heterocycles. The van der Waals surface area contributed by atoms with Gasteiger partial charge >= 0.3 is 51.4 Å². The summed E-state index contributed by atoms with van der Waals surface area (Å²) in [5.74, 6) is 1.36. The molecule has 0 atom stereocenters. The van der Waals surface area contributed by atoms with Crippen molar-refractivity contribution in [1.29, 1.82) is 0 Å². The number of halogens is 2. The zero-order valence-electron chi connectivity index (χ0n) is 24.2. The largest absolute Gasteiger partial charge is 1.00 e. The van der Waals surface area contributed by atoms with Gasteiger partial charge in [-0.1, -0.05) is 63.1 Å². The van der Waals surface area contributed by atoms with Crippen molar-refractivity contribution in [1.82, 2.24) is 9.80 Å². The number of benzene rings is 2. The molecule has 2 aromatic rings. The van der Waals surface area contributed by atoms with Crippen molar-refractivity contribution < 1.29 is 68.2 Å². The third-order valence-electron chi connectivity index (χ3n) is 5.45. The monoisotopic (exact) mass is 684 g/mol. The maximum atomic E-state index is 12.0. The SMILES string of the molecule is CCN(CC)CCCl.CCN(CC)CCSS(=O)(=O)c1ccc(C)cc1.Cc1ccc(S(=O)(=O)[S-])cc1.Cl.[K+]. The Morgan fingerprint density at radius 1 is 0.718 bits per heavy atom. The van der Waals surface area contributed by atoms with Gasteiger partial charge < -0.3 is 21.5 Å². The van der Waals surface area contributed by atoms with E-state index in [0.29, 0.717) is 10.6 Å². The van der Waals surface area contributed by atoms with Crippen LogP contribution in [0.3, 0.4) is 0 Å². The molecule has 0 bridgehead atoms. The van der Waals surface area contributed by atoms with Gasteiger partial charge in [-0.25, -0.2) is 16.8 Å². The fourth-order valence-corrected chi connectivity index (χ4v) is 6.78. The molecule has 220 valence electrons. The predicted molar refractivity (Wildman–Crippen MR) is 170 cm³/mol.